The molecule has 2 nitrogen and oxygen atoms in total. The van der Waals surface area contributed by atoms with Crippen molar-refractivity contribution < 1.29 is 5.11 Å². The zero-order chi connectivity index (χ0) is 9.53. The van der Waals surface area contributed by atoms with E-state index in [1.165, 1.54) is 25.7 Å². The first-order valence-electron chi connectivity index (χ1n) is 5.53. The molecule has 13 heavy (non-hydrogen) atoms. The summed E-state index contributed by atoms with van der Waals surface area (Å²) in [5, 5.41) is 10.4. The lowest BCUT2D eigenvalue weighted by Gasteiger charge is -2.41. The van der Waals surface area contributed by atoms with Crippen LogP contribution in [0.1, 0.15) is 45.4 Å². The van der Waals surface area contributed by atoms with E-state index < -0.39 is 5.60 Å². The van der Waals surface area contributed by atoms with E-state index in [0.29, 0.717) is 12.0 Å². The van der Waals surface area contributed by atoms with Gasteiger partial charge in [-0.3, -0.25) is 0 Å². The van der Waals surface area contributed by atoms with Gasteiger partial charge in [-0.05, 0) is 50.0 Å². The van der Waals surface area contributed by atoms with Crippen molar-refractivity contribution in [2.45, 2.75) is 51.0 Å². The molecule has 0 aromatic heterocycles. The highest BCUT2D eigenvalue weighted by atomic mass is 16.3. The average Bonchev–Trinajstić information content (AvgIpc) is 2.83. The Kier molecular flexibility index (Phi) is 2.16. The molecule has 76 valence electrons. The van der Waals surface area contributed by atoms with Crippen LogP contribution in [0.4, 0.5) is 0 Å². The molecule has 0 aliphatic heterocycles. The van der Waals surface area contributed by atoms with Crippen LogP contribution >= 0.6 is 0 Å². The fourth-order valence-corrected chi connectivity index (χ4v) is 2.84. The molecule has 0 aromatic carbocycles. The van der Waals surface area contributed by atoms with E-state index in [1.807, 2.05) is 0 Å². The van der Waals surface area contributed by atoms with Crippen molar-refractivity contribution in [1.82, 2.24) is 0 Å². The first-order chi connectivity index (χ1) is 6.10. The van der Waals surface area contributed by atoms with Crippen molar-refractivity contribution in [3.63, 3.8) is 0 Å². The largest absolute Gasteiger partial charge is 0.390 e. The SMILES string of the molecule is CC(CN)C1(O)CCCC2(CC2)C1. The minimum atomic E-state index is -0.441. The second kappa shape index (κ2) is 2.96. The Bertz CT molecular complexity index is 200. The van der Waals surface area contributed by atoms with E-state index in [4.69, 9.17) is 5.73 Å². The molecule has 3 N–H and O–H groups in total. The maximum Gasteiger partial charge on any atom is 0.0690 e. The lowest BCUT2D eigenvalue weighted by atomic mass is 9.70. The molecule has 2 rings (SSSR count). The van der Waals surface area contributed by atoms with Crippen LogP contribution in [0, 0.1) is 11.3 Å². The topological polar surface area (TPSA) is 46.2 Å². The average molecular weight is 183 g/mol. The molecule has 2 unspecified atom stereocenters. The van der Waals surface area contributed by atoms with Gasteiger partial charge < -0.3 is 10.8 Å². The third-order valence-electron chi connectivity index (χ3n) is 4.23. The van der Waals surface area contributed by atoms with Crippen LogP contribution in [-0.4, -0.2) is 17.3 Å². The Balaban J connectivity index is 2.04. The van der Waals surface area contributed by atoms with E-state index in [-0.39, 0.29) is 5.92 Å². The molecule has 0 bridgehead atoms. The van der Waals surface area contributed by atoms with E-state index >= 15 is 0 Å². The highest BCUT2D eigenvalue weighted by Gasteiger charge is 2.52. The van der Waals surface area contributed by atoms with Crippen molar-refractivity contribution in [2.24, 2.45) is 17.1 Å². The third kappa shape index (κ3) is 1.62. The molecule has 0 radical (unpaired) electrons. The first-order valence-corrected chi connectivity index (χ1v) is 5.53. The molecule has 2 saturated carbocycles. The number of aliphatic hydroxyl groups is 1. The van der Waals surface area contributed by atoms with Crippen LogP contribution in [0.5, 0.6) is 0 Å². The van der Waals surface area contributed by atoms with Crippen molar-refractivity contribution in [3.05, 3.63) is 0 Å². The van der Waals surface area contributed by atoms with Gasteiger partial charge in [0.25, 0.3) is 0 Å². The van der Waals surface area contributed by atoms with Crippen LogP contribution in [0.25, 0.3) is 0 Å². The van der Waals surface area contributed by atoms with Gasteiger partial charge in [0, 0.05) is 0 Å². The molecule has 0 heterocycles. The van der Waals surface area contributed by atoms with E-state index in [2.05, 4.69) is 6.92 Å². The monoisotopic (exact) mass is 183 g/mol. The maximum absolute atomic E-state index is 10.4. The van der Waals surface area contributed by atoms with Crippen molar-refractivity contribution in [3.8, 4) is 0 Å². The molecule has 0 aromatic rings. The van der Waals surface area contributed by atoms with Crippen molar-refractivity contribution in [1.29, 1.82) is 0 Å². The third-order valence-corrected chi connectivity index (χ3v) is 4.23. The molecule has 0 amide bonds. The Hall–Kier alpha value is -0.0800. The molecule has 2 aliphatic rings. The predicted molar refractivity (Wildman–Crippen MR) is 53.3 cm³/mol. The quantitative estimate of drug-likeness (QED) is 0.684. The smallest absolute Gasteiger partial charge is 0.0690 e. The van der Waals surface area contributed by atoms with Crippen LogP contribution in [0.2, 0.25) is 0 Å². The van der Waals surface area contributed by atoms with Crippen LogP contribution in [0.15, 0.2) is 0 Å². The Morgan fingerprint density at radius 3 is 2.54 bits per heavy atom. The molecule has 2 aliphatic carbocycles. The van der Waals surface area contributed by atoms with Crippen LogP contribution in [-0.2, 0) is 0 Å². The fraction of sp³-hybridized carbons (Fsp3) is 1.00. The van der Waals surface area contributed by atoms with Crippen molar-refractivity contribution in [2.75, 3.05) is 6.54 Å². The molecule has 2 fully saturated rings. The van der Waals surface area contributed by atoms with E-state index in [9.17, 15) is 5.11 Å². The number of nitrogens with two attached hydrogens (primary N) is 1. The summed E-state index contributed by atoms with van der Waals surface area (Å²) in [4.78, 5) is 0. The molecule has 1 spiro atoms. The van der Waals surface area contributed by atoms with Gasteiger partial charge >= 0.3 is 0 Å². The lowest BCUT2D eigenvalue weighted by molar-refractivity contribution is -0.0619. The summed E-state index contributed by atoms with van der Waals surface area (Å²) in [5.74, 6) is 0.269. The Morgan fingerprint density at radius 2 is 2.00 bits per heavy atom. The van der Waals surface area contributed by atoms with E-state index in [0.717, 1.165) is 12.8 Å². The highest BCUT2D eigenvalue weighted by molar-refractivity contribution is 5.04. The predicted octanol–water partition coefficient (Wildman–Crippen LogP) is 1.67. The van der Waals surface area contributed by atoms with Gasteiger partial charge in [0.15, 0.2) is 0 Å². The molecule has 2 atom stereocenters. The number of hydrogen-bond acceptors (Lipinski definition) is 2. The number of rotatable bonds is 2. The Morgan fingerprint density at radius 1 is 1.31 bits per heavy atom. The lowest BCUT2D eigenvalue weighted by Crippen LogP contribution is -2.44. The Labute approximate surface area is 80.5 Å². The van der Waals surface area contributed by atoms with Gasteiger partial charge in [-0.1, -0.05) is 13.3 Å². The minimum Gasteiger partial charge on any atom is -0.390 e. The summed E-state index contributed by atoms with van der Waals surface area (Å²) in [7, 11) is 0. The molecule has 0 saturated heterocycles. The molecular formula is C11H21NO. The summed E-state index contributed by atoms with van der Waals surface area (Å²) in [5.41, 5.74) is 5.73. The zero-order valence-corrected chi connectivity index (χ0v) is 8.55. The van der Waals surface area contributed by atoms with Gasteiger partial charge in [-0.25, -0.2) is 0 Å². The van der Waals surface area contributed by atoms with Gasteiger partial charge in [0.05, 0.1) is 5.60 Å². The summed E-state index contributed by atoms with van der Waals surface area (Å²) in [6.45, 7) is 2.70. The molecular weight excluding hydrogens is 162 g/mol. The molecule has 2 heteroatoms. The van der Waals surface area contributed by atoms with Crippen molar-refractivity contribution >= 4 is 0 Å². The summed E-state index contributed by atoms with van der Waals surface area (Å²) in [6, 6.07) is 0. The van der Waals surface area contributed by atoms with Gasteiger partial charge in [-0.2, -0.15) is 0 Å². The standard InChI is InChI=1S/C11H21NO/c1-9(7-12)11(13)4-2-3-10(8-11)5-6-10/h9,13H,2-8,12H2,1H3. The number of hydrogen-bond donors (Lipinski definition) is 2. The summed E-state index contributed by atoms with van der Waals surface area (Å²) < 4.78 is 0. The van der Waals surface area contributed by atoms with Gasteiger partial charge in [0.1, 0.15) is 0 Å². The normalized spacial score (nSPS) is 39.0. The summed E-state index contributed by atoms with van der Waals surface area (Å²) in [6.07, 6.45) is 7.19. The van der Waals surface area contributed by atoms with E-state index in [1.54, 1.807) is 0 Å². The first kappa shape index (κ1) is 9.47. The van der Waals surface area contributed by atoms with Crippen LogP contribution < -0.4 is 5.73 Å². The fourth-order valence-electron chi connectivity index (χ4n) is 2.84. The summed E-state index contributed by atoms with van der Waals surface area (Å²) >= 11 is 0. The zero-order valence-electron chi connectivity index (χ0n) is 8.55. The maximum atomic E-state index is 10.4. The second-order valence-corrected chi connectivity index (χ2v) is 5.27. The van der Waals surface area contributed by atoms with Crippen LogP contribution in [0.3, 0.4) is 0 Å². The highest BCUT2D eigenvalue weighted by Crippen LogP contribution is 2.59. The van der Waals surface area contributed by atoms with Gasteiger partial charge in [0.2, 0.25) is 0 Å². The van der Waals surface area contributed by atoms with Gasteiger partial charge in [-0.15, -0.1) is 0 Å². The minimum absolute atomic E-state index is 0.269. The second-order valence-electron chi connectivity index (χ2n) is 5.27.